The van der Waals surface area contributed by atoms with E-state index >= 15 is 0 Å². The molecule has 0 saturated heterocycles. The Morgan fingerprint density at radius 2 is 2.00 bits per heavy atom. The van der Waals surface area contributed by atoms with Crippen molar-refractivity contribution < 1.29 is 4.79 Å². The van der Waals surface area contributed by atoms with Gasteiger partial charge in [0.05, 0.1) is 5.69 Å². The molecule has 0 bridgehead atoms. The van der Waals surface area contributed by atoms with Gasteiger partial charge in [-0.3, -0.25) is 4.79 Å². The highest BCUT2D eigenvalue weighted by Gasteiger charge is 2.05. The molecule has 5 nitrogen and oxygen atoms in total. The van der Waals surface area contributed by atoms with Gasteiger partial charge in [0.15, 0.2) is 0 Å². The Labute approximate surface area is 137 Å². The van der Waals surface area contributed by atoms with Crippen LogP contribution in [0.25, 0.3) is 11.3 Å². The van der Waals surface area contributed by atoms with Crippen LogP contribution >= 0.6 is 0 Å². The molecule has 2 rings (SSSR count). The number of hydrogen-bond acceptors (Lipinski definition) is 4. The van der Waals surface area contributed by atoms with E-state index in [4.69, 9.17) is 5.73 Å². The first-order chi connectivity index (χ1) is 11.2. The van der Waals surface area contributed by atoms with Gasteiger partial charge in [0.25, 0.3) is 0 Å². The summed E-state index contributed by atoms with van der Waals surface area (Å²) in [5.74, 6) is 0.781. The molecule has 1 amide bonds. The lowest BCUT2D eigenvalue weighted by Gasteiger charge is -2.08. The molecule has 1 aromatic heterocycles. The van der Waals surface area contributed by atoms with Crippen LogP contribution < -0.4 is 11.1 Å². The molecule has 1 aromatic carbocycles. The predicted molar refractivity (Wildman–Crippen MR) is 93.0 cm³/mol. The monoisotopic (exact) mass is 312 g/mol. The first-order valence-electron chi connectivity index (χ1n) is 8.09. The Morgan fingerprint density at radius 1 is 1.17 bits per heavy atom. The number of hydrogen-bond donors (Lipinski definition) is 2. The van der Waals surface area contributed by atoms with Gasteiger partial charge in [0.1, 0.15) is 5.82 Å². The van der Waals surface area contributed by atoms with E-state index < -0.39 is 0 Å². The van der Waals surface area contributed by atoms with E-state index in [0.29, 0.717) is 6.42 Å². The van der Waals surface area contributed by atoms with Crippen molar-refractivity contribution in [2.24, 2.45) is 5.73 Å². The molecule has 0 radical (unpaired) electrons. The average molecular weight is 312 g/mol. The van der Waals surface area contributed by atoms with Crippen LogP contribution in [0.3, 0.4) is 0 Å². The quantitative estimate of drug-likeness (QED) is 0.733. The third-order valence-corrected chi connectivity index (χ3v) is 3.58. The van der Waals surface area contributed by atoms with Gasteiger partial charge in [-0.2, -0.15) is 0 Å². The van der Waals surface area contributed by atoms with Gasteiger partial charge < -0.3 is 11.1 Å². The number of unbranched alkanes of at least 4 members (excludes halogenated alkanes) is 3. The number of nitrogens with two attached hydrogens (primary N) is 1. The molecular weight excluding hydrogens is 288 g/mol. The minimum atomic E-state index is 0.0498. The van der Waals surface area contributed by atoms with Gasteiger partial charge in [0.2, 0.25) is 5.91 Å². The molecule has 3 N–H and O–H groups in total. The third kappa shape index (κ3) is 5.79. The van der Waals surface area contributed by atoms with Gasteiger partial charge >= 0.3 is 0 Å². The van der Waals surface area contributed by atoms with Gasteiger partial charge in [-0.1, -0.05) is 25.0 Å². The SMILES string of the molecule is Cc1nccc(-c2cccc(NC(=O)CCCCCCN)c2)n1. The second kappa shape index (κ2) is 9.00. The zero-order chi connectivity index (χ0) is 16.5. The molecule has 23 heavy (non-hydrogen) atoms. The smallest absolute Gasteiger partial charge is 0.224 e. The fourth-order valence-electron chi connectivity index (χ4n) is 2.38. The van der Waals surface area contributed by atoms with Crippen LogP contribution in [-0.2, 0) is 4.79 Å². The molecule has 0 unspecified atom stereocenters. The molecule has 0 aliphatic heterocycles. The average Bonchev–Trinajstić information content (AvgIpc) is 2.55. The molecule has 0 aliphatic rings. The fourth-order valence-corrected chi connectivity index (χ4v) is 2.38. The van der Waals surface area contributed by atoms with E-state index in [9.17, 15) is 4.79 Å². The number of aromatic nitrogens is 2. The van der Waals surface area contributed by atoms with Crippen LogP contribution in [0, 0.1) is 6.92 Å². The first kappa shape index (κ1) is 17.1. The van der Waals surface area contributed by atoms with Crippen LogP contribution in [-0.4, -0.2) is 22.4 Å². The topological polar surface area (TPSA) is 80.9 Å². The van der Waals surface area contributed by atoms with E-state index in [0.717, 1.165) is 55.0 Å². The summed E-state index contributed by atoms with van der Waals surface area (Å²) >= 11 is 0. The molecule has 1 heterocycles. The van der Waals surface area contributed by atoms with Crippen LogP contribution in [0.1, 0.15) is 37.9 Å². The number of carbonyl (C=O) groups excluding carboxylic acids is 1. The van der Waals surface area contributed by atoms with Crippen molar-refractivity contribution in [1.82, 2.24) is 9.97 Å². The fraction of sp³-hybridized carbons (Fsp3) is 0.389. The summed E-state index contributed by atoms with van der Waals surface area (Å²) in [5.41, 5.74) is 8.08. The van der Waals surface area contributed by atoms with E-state index in [1.807, 2.05) is 37.3 Å². The van der Waals surface area contributed by atoms with Crippen molar-refractivity contribution in [2.45, 2.75) is 39.0 Å². The van der Waals surface area contributed by atoms with Gasteiger partial charge in [-0.05, 0) is 44.5 Å². The van der Waals surface area contributed by atoms with Crippen molar-refractivity contribution >= 4 is 11.6 Å². The van der Waals surface area contributed by atoms with Gasteiger partial charge in [0, 0.05) is 23.9 Å². The van der Waals surface area contributed by atoms with Crippen LogP contribution in [0.15, 0.2) is 36.5 Å². The summed E-state index contributed by atoms with van der Waals surface area (Å²) in [6.45, 7) is 2.58. The van der Waals surface area contributed by atoms with E-state index in [1.54, 1.807) is 6.20 Å². The van der Waals surface area contributed by atoms with E-state index in [2.05, 4.69) is 15.3 Å². The van der Waals surface area contributed by atoms with Gasteiger partial charge in [-0.15, -0.1) is 0 Å². The molecule has 0 aliphatic carbocycles. The highest BCUT2D eigenvalue weighted by Crippen LogP contribution is 2.21. The van der Waals surface area contributed by atoms with Gasteiger partial charge in [-0.25, -0.2) is 9.97 Å². The Balaban J connectivity index is 1.91. The molecule has 0 spiro atoms. The number of nitrogens with zero attached hydrogens (tertiary/aromatic N) is 2. The number of nitrogens with one attached hydrogen (secondary N) is 1. The Hall–Kier alpha value is -2.27. The summed E-state index contributed by atoms with van der Waals surface area (Å²) in [7, 11) is 0. The lowest BCUT2D eigenvalue weighted by atomic mass is 10.1. The van der Waals surface area contributed by atoms with Crippen LogP contribution in [0.5, 0.6) is 0 Å². The summed E-state index contributed by atoms with van der Waals surface area (Å²) < 4.78 is 0. The summed E-state index contributed by atoms with van der Waals surface area (Å²) in [6, 6.07) is 9.59. The lowest BCUT2D eigenvalue weighted by molar-refractivity contribution is -0.116. The molecule has 2 aromatic rings. The maximum absolute atomic E-state index is 12.0. The Kier molecular flexibility index (Phi) is 6.69. The van der Waals surface area contributed by atoms with Crippen LogP contribution in [0.4, 0.5) is 5.69 Å². The molecule has 0 atom stereocenters. The minimum absolute atomic E-state index is 0.0498. The van der Waals surface area contributed by atoms with Crippen molar-refractivity contribution in [1.29, 1.82) is 0 Å². The van der Waals surface area contributed by atoms with Crippen LogP contribution in [0.2, 0.25) is 0 Å². The van der Waals surface area contributed by atoms with E-state index in [-0.39, 0.29) is 5.91 Å². The molecule has 122 valence electrons. The minimum Gasteiger partial charge on any atom is -0.330 e. The zero-order valence-corrected chi connectivity index (χ0v) is 13.6. The normalized spacial score (nSPS) is 10.5. The summed E-state index contributed by atoms with van der Waals surface area (Å²) in [4.78, 5) is 20.5. The van der Waals surface area contributed by atoms with Crippen molar-refractivity contribution in [3.05, 3.63) is 42.4 Å². The predicted octanol–water partition coefficient (Wildman–Crippen LogP) is 3.30. The standard InChI is InChI=1S/C18H24N4O/c1-14-20-12-10-17(21-14)15-7-6-8-16(13-15)22-18(23)9-4-2-3-5-11-19/h6-8,10,12-13H,2-5,9,11,19H2,1H3,(H,22,23). The highest BCUT2D eigenvalue weighted by atomic mass is 16.1. The number of rotatable bonds is 8. The maximum atomic E-state index is 12.0. The lowest BCUT2D eigenvalue weighted by Crippen LogP contribution is -2.11. The highest BCUT2D eigenvalue weighted by molar-refractivity contribution is 5.91. The number of benzene rings is 1. The Bertz CT molecular complexity index is 642. The number of carbonyl (C=O) groups is 1. The molecular formula is C18H24N4O. The summed E-state index contributed by atoms with van der Waals surface area (Å²) in [6.07, 6.45) is 6.35. The molecule has 0 fully saturated rings. The largest absolute Gasteiger partial charge is 0.330 e. The number of amides is 1. The van der Waals surface area contributed by atoms with Crippen molar-refractivity contribution in [3.8, 4) is 11.3 Å². The maximum Gasteiger partial charge on any atom is 0.224 e. The Morgan fingerprint density at radius 3 is 2.78 bits per heavy atom. The number of anilines is 1. The van der Waals surface area contributed by atoms with Crippen molar-refractivity contribution in [2.75, 3.05) is 11.9 Å². The second-order valence-corrected chi connectivity index (χ2v) is 5.57. The third-order valence-electron chi connectivity index (χ3n) is 3.58. The zero-order valence-electron chi connectivity index (χ0n) is 13.6. The molecule has 0 saturated carbocycles. The first-order valence-corrected chi connectivity index (χ1v) is 8.09. The second-order valence-electron chi connectivity index (χ2n) is 5.57. The molecule has 5 heteroatoms. The van der Waals surface area contributed by atoms with Crippen molar-refractivity contribution in [3.63, 3.8) is 0 Å². The van der Waals surface area contributed by atoms with E-state index in [1.165, 1.54) is 0 Å². The summed E-state index contributed by atoms with van der Waals surface area (Å²) in [5, 5.41) is 2.95. The number of aryl methyl sites for hydroxylation is 1.